The Morgan fingerprint density at radius 2 is 1.38 bits per heavy atom. The molecular formula is C29H36F4O. The van der Waals surface area contributed by atoms with Crippen LogP contribution in [0, 0.1) is 35.3 Å². The zero-order valence-corrected chi connectivity index (χ0v) is 20.3. The Kier molecular flexibility index (Phi) is 7.89. The molecule has 0 heterocycles. The van der Waals surface area contributed by atoms with Crippen LogP contribution in [0.1, 0.15) is 77.2 Å². The van der Waals surface area contributed by atoms with E-state index >= 15 is 0 Å². The maximum Gasteiger partial charge on any atom is 0.400 e. The van der Waals surface area contributed by atoms with E-state index < -0.39 is 29.4 Å². The second-order valence-electron chi connectivity index (χ2n) is 10.5. The van der Waals surface area contributed by atoms with Crippen molar-refractivity contribution in [1.29, 1.82) is 0 Å². The van der Waals surface area contributed by atoms with Crippen LogP contribution in [-0.4, -0.2) is 6.11 Å². The van der Waals surface area contributed by atoms with Crippen LogP contribution >= 0.6 is 0 Å². The van der Waals surface area contributed by atoms with Gasteiger partial charge in [0.2, 0.25) is 5.82 Å². The van der Waals surface area contributed by atoms with E-state index in [1.54, 1.807) is 12.1 Å². The Morgan fingerprint density at radius 1 is 0.794 bits per heavy atom. The lowest BCUT2D eigenvalue weighted by atomic mass is 9.69. The molecule has 0 unspecified atom stereocenters. The zero-order chi connectivity index (χ0) is 24.3. The maximum absolute atomic E-state index is 15.0. The molecule has 0 N–H and O–H groups in total. The highest BCUT2D eigenvalue weighted by atomic mass is 19.3. The van der Waals surface area contributed by atoms with Crippen molar-refractivity contribution in [3.05, 3.63) is 53.6 Å². The van der Waals surface area contributed by atoms with Gasteiger partial charge in [-0.2, -0.15) is 13.2 Å². The number of aryl methyl sites for hydroxylation is 1. The lowest BCUT2D eigenvalue weighted by Gasteiger charge is -2.38. The molecule has 0 atom stereocenters. The lowest BCUT2D eigenvalue weighted by Crippen LogP contribution is -2.38. The van der Waals surface area contributed by atoms with E-state index in [0.717, 1.165) is 43.2 Å². The van der Waals surface area contributed by atoms with Gasteiger partial charge in [-0.05, 0) is 86.0 Å². The van der Waals surface area contributed by atoms with E-state index in [1.807, 2.05) is 12.1 Å². The van der Waals surface area contributed by atoms with Crippen molar-refractivity contribution in [1.82, 2.24) is 0 Å². The summed E-state index contributed by atoms with van der Waals surface area (Å²) < 4.78 is 64.3. The van der Waals surface area contributed by atoms with Gasteiger partial charge in [-0.25, -0.2) is 4.39 Å². The molecule has 34 heavy (non-hydrogen) atoms. The van der Waals surface area contributed by atoms with Crippen molar-refractivity contribution in [3.8, 4) is 16.9 Å². The lowest BCUT2D eigenvalue weighted by molar-refractivity contribution is -0.225. The minimum atomic E-state index is -3.53. The number of alkyl halides is 2. The standard InChI is InChI=1S/C29H36F4O/c1-3-4-20-7-11-23(12-8-20)25-17-18-26(28(31)27(25)30)34-29(32,33)24-15-13-22(14-16-24)21-9-5-19(2)6-10-21/h7-8,11-12,17-19,21-22,24H,3-6,9-10,13-16H2,1-2H3. The van der Waals surface area contributed by atoms with Crippen molar-refractivity contribution >= 4 is 0 Å². The topological polar surface area (TPSA) is 9.23 Å². The monoisotopic (exact) mass is 476 g/mol. The summed E-state index contributed by atoms with van der Waals surface area (Å²) in [7, 11) is 0. The first-order valence-electron chi connectivity index (χ1n) is 12.9. The first-order chi connectivity index (χ1) is 16.3. The van der Waals surface area contributed by atoms with Gasteiger partial charge in [0.25, 0.3) is 0 Å². The average Bonchev–Trinajstić information content (AvgIpc) is 2.84. The molecule has 4 rings (SSSR count). The molecule has 0 aromatic heterocycles. The Morgan fingerprint density at radius 3 is 1.97 bits per heavy atom. The molecule has 0 bridgehead atoms. The first-order valence-corrected chi connectivity index (χ1v) is 12.9. The molecule has 0 aliphatic heterocycles. The van der Waals surface area contributed by atoms with Gasteiger partial charge in [0.15, 0.2) is 11.6 Å². The second kappa shape index (κ2) is 10.7. The Balaban J connectivity index is 1.40. The van der Waals surface area contributed by atoms with E-state index in [1.165, 1.54) is 31.7 Å². The molecule has 186 valence electrons. The summed E-state index contributed by atoms with van der Waals surface area (Å²) >= 11 is 0. The number of benzene rings is 2. The molecule has 2 aromatic rings. The summed E-state index contributed by atoms with van der Waals surface area (Å²) in [4.78, 5) is 0. The van der Waals surface area contributed by atoms with E-state index in [-0.39, 0.29) is 5.56 Å². The minimum Gasteiger partial charge on any atom is -0.429 e. The largest absolute Gasteiger partial charge is 0.429 e. The highest BCUT2D eigenvalue weighted by Gasteiger charge is 2.45. The van der Waals surface area contributed by atoms with Gasteiger partial charge < -0.3 is 4.74 Å². The molecule has 0 spiro atoms. The Labute approximate surface area is 200 Å². The quantitative estimate of drug-likeness (QED) is 0.362. The molecule has 2 aliphatic carbocycles. The number of hydrogen-bond donors (Lipinski definition) is 0. The molecular weight excluding hydrogens is 440 g/mol. The predicted molar refractivity (Wildman–Crippen MR) is 128 cm³/mol. The Bertz CT molecular complexity index is 939. The van der Waals surface area contributed by atoms with Crippen LogP contribution in [0.25, 0.3) is 11.1 Å². The summed E-state index contributed by atoms with van der Waals surface area (Å²) in [5.41, 5.74) is 1.66. The molecule has 2 saturated carbocycles. The minimum absolute atomic E-state index is 0.0403. The summed E-state index contributed by atoms with van der Waals surface area (Å²) in [6.07, 6.45) is 5.45. The molecule has 2 aliphatic rings. The maximum atomic E-state index is 15.0. The van der Waals surface area contributed by atoms with Crippen LogP contribution in [0.4, 0.5) is 17.6 Å². The molecule has 0 amide bonds. The van der Waals surface area contributed by atoms with Crippen LogP contribution in [-0.2, 0) is 6.42 Å². The van der Waals surface area contributed by atoms with E-state index in [4.69, 9.17) is 4.74 Å². The fourth-order valence-corrected chi connectivity index (χ4v) is 5.89. The third-order valence-electron chi connectivity index (χ3n) is 8.07. The fraction of sp³-hybridized carbons (Fsp3) is 0.586. The van der Waals surface area contributed by atoms with Gasteiger partial charge in [0.1, 0.15) is 0 Å². The number of ether oxygens (including phenoxy) is 1. The Hall–Kier alpha value is -2.04. The first kappa shape index (κ1) is 25.1. The molecule has 2 aromatic carbocycles. The molecule has 2 fully saturated rings. The smallest absolute Gasteiger partial charge is 0.400 e. The predicted octanol–water partition coefficient (Wildman–Crippen LogP) is 9.19. The van der Waals surface area contributed by atoms with E-state index in [0.29, 0.717) is 30.2 Å². The van der Waals surface area contributed by atoms with Crippen LogP contribution in [0.15, 0.2) is 36.4 Å². The van der Waals surface area contributed by atoms with Crippen molar-refractivity contribution in [2.75, 3.05) is 0 Å². The number of halogens is 4. The van der Waals surface area contributed by atoms with E-state index in [2.05, 4.69) is 13.8 Å². The fourth-order valence-electron chi connectivity index (χ4n) is 5.89. The summed E-state index contributed by atoms with van der Waals surface area (Å²) in [6.45, 7) is 4.35. The van der Waals surface area contributed by atoms with Gasteiger partial charge in [-0.3, -0.25) is 0 Å². The van der Waals surface area contributed by atoms with Gasteiger partial charge >= 0.3 is 6.11 Å². The van der Waals surface area contributed by atoms with Crippen molar-refractivity contribution in [3.63, 3.8) is 0 Å². The van der Waals surface area contributed by atoms with Crippen molar-refractivity contribution < 1.29 is 22.3 Å². The zero-order valence-electron chi connectivity index (χ0n) is 20.3. The number of rotatable bonds is 7. The van der Waals surface area contributed by atoms with Gasteiger partial charge in [-0.1, -0.05) is 57.4 Å². The average molecular weight is 477 g/mol. The third kappa shape index (κ3) is 5.60. The van der Waals surface area contributed by atoms with Crippen LogP contribution in [0.5, 0.6) is 5.75 Å². The van der Waals surface area contributed by atoms with E-state index in [9.17, 15) is 17.6 Å². The summed E-state index contributed by atoms with van der Waals surface area (Å²) in [5, 5.41) is 0. The van der Waals surface area contributed by atoms with Crippen LogP contribution < -0.4 is 4.74 Å². The van der Waals surface area contributed by atoms with Crippen LogP contribution in [0.3, 0.4) is 0 Å². The highest BCUT2D eigenvalue weighted by molar-refractivity contribution is 5.65. The summed E-state index contributed by atoms with van der Waals surface area (Å²) in [6, 6.07) is 9.64. The third-order valence-corrected chi connectivity index (χ3v) is 8.07. The van der Waals surface area contributed by atoms with Crippen LogP contribution in [0.2, 0.25) is 0 Å². The second-order valence-corrected chi connectivity index (χ2v) is 10.5. The highest BCUT2D eigenvalue weighted by Crippen LogP contribution is 2.46. The summed E-state index contributed by atoms with van der Waals surface area (Å²) in [5.74, 6) is -2.31. The van der Waals surface area contributed by atoms with Crippen molar-refractivity contribution in [2.24, 2.45) is 23.7 Å². The molecule has 1 nitrogen and oxygen atoms in total. The normalized spacial score (nSPS) is 25.8. The van der Waals surface area contributed by atoms with Gasteiger partial charge in [0.05, 0.1) is 5.92 Å². The van der Waals surface area contributed by atoms with Crippen molar-refractivity contribution in [2.45, 2.75) is 84.2 Å². The van der Waals surface area contributed by atoms with Gasteiger partial charge in [0, 0.05) is 5.56 Å². The molecule has 5 heteroatoms. The number of hydrogen-bond acceptors (Lipinski definition) is 1. The SMILES string of the molecule is CCCc1ccc(-c2ccc(OC(F)(F)C3CCC(C4CCC(C)CC4)CC3)c(F)c2F)cc1. The molecule has 0 radical (unpaired) electrons. The molecule has 0 saturated heterocycles. The van der Waals surface area contributed by atoms with Gasteiger partial charge in [-0.15, -0.1) is 0 Å².